The summed E-state index contributed by atoms with van der Waals surface area (Å²) in [5, 5.41) is 8.73. The van der Waals surface area contributed by atoms with E-state index in [1.165, 1.54) is 6.08 Å². The number of hydrogen-bond acceptors (Lipinski definition) is 3. The summed E-state index contributed by atoms with van der Waals surface area (Å²) in [6.45, 7) is 1.96. The smallest absolute Gasteiger partial charge is 0.336 e. The van der Waals surface area contributed by atoms with Crippen LogP contribution in [0.2, 0.25) is 0 Å². The monoisotopic (exact) mass is 116 g/mol. The van der Waals surface area contributed by atoms with Gasteiger partial charge in [0.25, 0.3) is 0 Å². The van der Waals surface area contributed by atoms with Crippen LogP contribution < -0.4 is 0 Å². The lowest BCUT2D eigenvalue weighted by Crippen LogP contribution is -2.01. The molecule has 3 heteroatoms. The predicted octanol–water partition coefficient (Wildman–Crippen LogP) is 0.560. The molecule has 8 heavy (non-hydrogen) atoms. The van der Waals surface area contributed by atoms with Gasteiger partial charge in [-0.05, 0) is 6.42 Å². The fourth-order valence-electron chi connectivity index (χ4n) is 0.365. The molecule has 0 aromatic rings. The summed E-state index contributed by atoms with van der Waals surface area (Å²) >= 11 is 0. The summed E-state index contributed by atoms with van der Waals surface area (Å²) in [6, 6.07) is 0. The van der Waals surface area contributed by atoms with Crippen LogP contribution >= 0.6 is 0 Å². The van der Waals surface area contributed by atoms with Gasteiger partial charge < -0.3 is 5.11 Å². The molecule has 0 aromatic heterocycles. The molecule has 0 amide bonds. The van der Waals surface area contributed by atoms with E-state index in [9.17, 15) is 0 Å². The molecule has 0 unspecified atom stereocenters. The molecule has 1 saturated heterocycles. The van der Waals surface area contributed by atoms with Crippen molar-refractivity contribution in [3.05, 3.63) is 12.2 Å². The van der Waals surface area contributed by atoms with Crippen LogP contribution in [0.1, 0.15) is 13.3 Å². The Morgan fingerprint density at radius 3 is 2.62 bits per heavy atom. The zero-order chi connectivity index (χ0) is 6.04. The zero-order valence-electron chi connectivity index (χ0n) is 4.63. The Kier molecular flexibility index (Phi) is 1.33. The van der Waals surface area contributed by atoms with E-state index in [-0.39, 0.29) is 0 Å². The zero-order valence-corrected chi connectivity index (χ0v) is 4.63. The fraction of sp³-hybridized carbons (Fsp3) is 0.600. The maximum Gasteiger partial charge on any atom is 0.358 e. The van der Waals surface area contributed by atoms with E-state index in [4.69, 9.17) is 5.11 Å². The maximum absolute atomic E-state index is 8.73. The first-order valence-electron chi connectivity index (χ1n) is 2.54. The van der Waals surface area contributed by atoms with E-state index in [2.05, 4.69) is 9.78 Å². The van der Waals surface area contributed by atoms with Gasteiger partial charge in [0.05, 0.1) is 0 Å². The van der Waals surface area contributed by atoms with Gasteiger partial charge >= 0.3 is 5.97 Å². The topological polar surface area (TPSA) is 45.3 Å². The molecule has 1 N–H and O–H groups in total. The number of hydrogen-bond donors (Lipinski definition) is 1. The third-order valence-corrected chi connectivity index (χ3v) is 0.818. The van der Waals surface area contributed by atoms with E-state index in [1.54, 1.807) is 6.08 Å². The van der Waals surface area contributed by atoms with Crippen LogP contribution in [-0.4, -0.2) is 11.1 Å². The number of allylic oxidation sites excluding steroid dienone is 1. The van der Waals surface area contributed by atoms with Crippen molar-refractivity contribution in [1.29, 1.82) is 0 Å². The van der Waals surface area contributed by atoms with Crippen LogP contribution in [0.5, 0.6) is 0 Å². The molecule has 1 rings (SSSR count). The second-order valence-electron chi connectivity index (χ2n) is 1.61. The van der Waals surface area contributed by atoms with Gasteiger partial charge in [0.15, 0.2) is 0 Å². The Balaban J connectivity index is 2.27. The van der Waals surface area contributed by atoms with Gasteiger partial charge in [-0.25, -0.2) is 0 Å². The predicted molar refractivity (Wildman–Crippen MR) is 26.6 cm³/mol. The molecular formula is C5H8O3. The highest BCUT2D eigenvalue weighted by Gasteiger charge is 2.43. The summed E-state index contributed by atoms with van der Waals surface area (Å²) in [7, 11) is 0. The molecule has 0 aromatic carbocycles. The molecule has 46 valence electrons. The largest absolute Gasteiger partial charge is 0.358 e. The fourth-order valence-corrected chi connectivity index (χ4v) is 0.365. The molecule has 1 fully saturated rings. The second kappa shape index (κ2) is 1.85. The van der Waals surface area contributed by atoms with E-state index in [1.807, 2.05) is 6.92 Å². The molecule has 1 heterocycles. The second-order valence-corrected chi connectivity index (χ2v) is 1.61. The van der Waals surface area contributed by atoms with Crippen molar-refractivity contribution >= 4 is 0 Å². The van der Waals surface area contributed by atoms with Crippen LogP contribution in [0.3, 0.4) is 0 Å². The molecule has 1 aliphatic heterocycles. The molecule has 0 saturated carbocycles. The number of rotatable bonds is 2. The SMILES string of the molecule is CC/C=C/C1(O)OO1. The van der Waals surface area contributed by atoms with Crippen molar-refractivity contribution in [2.75, 3.05) is 0 Å². The minimum absolute atomic E-state index is 0.870. The van der Waals surface area contributed by atoms with Gasteiger partial charge in [-0.15, -0.1) is 0 Å². The van der Waals surface area contributed by atoms with Crippen molar-refractivity contribution in [3.8, 4) is 0 Å². The molecule has 0 bridgehead atoms. The Hall–Kier alpha value is -0.380. The Morgan fingerprint density at radius 1 is 1.62 bits per heavy atom. The Labute approximate surface area is 47.5 Å². The molecular weight excluding hydrogens is 108 g/mol. The van der Waals surface area contributed by atoms with Crippen LogP contribution in [0.4, 0.5) is 0 Å². The minimum Gasteiger partial charge on any atom is -0.336 e. The maximum atomic E-state index is 8.73. The first-order valence-corrected chi connectivity index (χ1v) is 2.54. The van der Waals surface area contributed by atoms with Gasteiger partial charge in [0, 0.05) is 6.08 Å². The van der Waals surface area contributed by atoms with Crippen molar-refractivity contribution < 1.29 is 14.9 Å². The minimum atomic E-state index is -1.38. The molecule has 0 aliphatic carbocycles. The Bertz CT molecular complexity index is 104. The molecule has 1 aliphatic rings. The lowest BCUT2D eigenvalue weighted by molar-refractivity contribution is 0.0819. The number of aliphatic hydroxyl groups is 1. The Morgan fingerprint density at radius 2 is 2.25 bits per heavy atom. The highest BCUT2D eigenvalue weighted by atomic mass is 17.4. The van der Waals surface area contributed by atoms with Gasteiger partial charge in [0.1, 0.15) is 0 Å². The molecule has 0 radical (unpaired) electrons. The first kappa shape index (κ1) is 5.75. The first-order chi connectivity index (χ1) is 3.77. The summed E-state index contributed by atoms with van der Waals surface area (Å²) < 4.78 is 0. The normalized spacial score (nSPS) is 24.2. The summed E-state index contributed by atoms with van der Waals surface area (Å²) in [5.41, 5.74) is 0. The van der Waals surface area contributed by atoms with E-state index in [0.717, 1.165) is 6.42 Å². The van der Waals surface area contributed by atoms with E-state index in [0.29, 0.717) is 0 Å². The van der Waals surface area contributed by atoms with Crippen molar-refractivity contribution in [1.82, 2.24) is 0 Å². The van der Waals surface area contributed by atoms with E-state index < -0.39 is 5.97 Å². The van der Waals surface area contributed by atoms with Crippen molar-refractivity contribution in [3.63, 3.8) is 0 Å². The van der Waals surface area contributed by atoms with Crippen LogP contribution in [0, 0.1) is 0 Å². The third kappa shape index (κ3) is 1.30. The average Bonchev–Trinajstić information content (AvgIpc) is 2.45. The quantitative estimate of drug-likeness (QED) is 0.325. The van der Waals surface area contributed by atoms with Crippen LogP contribution in [0.25, 0.3) is 0 Å². The summed E-state index contributed by atoms with van der Waals surface area (Å²) in [4.78, 5) is 8.33. The highest BCUT2D eigenvalue weighted by Crippen LogP contribution is 2.26. The van der Waals surface area contributed by atoms with Crippen molar-refractivity contribution in [2.45, 2.75) is 19.3 Å². The lowest BCUT2D eigenvalue weighted by atomic mass is 10.4. The van der Waals surface area contributed by atoms with Gasteiger partial charge in [-0.1, -0.05) is 13.0 Å². The van der Waals surface area contributed by atoms with Crippen LogP contribution in [-0.2, 0) is 9.78 Å². The van der Waals surface area contributed by atoms with Gasteiger partial charge in [-0.3, -0.25) is 0 Å². The summed E-state index contributed by atoms with van der Waals surface area (Å²) in [6.07, 6.45) is 4.11. The summed E-state index contributed by atoms with van der Waals surface area (Å²) in [5.74, 6) is -1.38. The van der Waals surface area contributed by atoms with Gasteiger partial charge in [-0.2, -0.15) is 9.78 Å². The molecule has 3 nitrogen and oxygen atoms in total. The van der Waals surface area contributed by atoms with Crippen LogP contribution in [0.15, 0.2) is 12.2 Å². The lowest BCUT2D eigenvalue weighted by Gasteiger charge is -1.83. The third-order valence-electron chi connectivity index (χ3n) is 0.818. The van der Waals surface area contributed by atoms with E-state index >= 15 is 0 Å². The molecule has 0 spiro atoms. The van der Waals surface area contributed by atoms with Gasteiger partial charge in [0.2, 0.25) is 0 Å². The van der Waals surface area contributed by atoms with Crippen molar-refractivity contribution in [2.24, 2.45) is 0 Å². The highest BCUT2D eigenvalue weighted by molar-refractivity contribution is 4.90. The molecule has 0 atom stereocenters. The standard InChI is InChI=1S/C5H8O3/c1-2-3-4-5(6)7-8-5/h3-4,6H,2H2,1H3/b4-3+. The average molecular weight is 116 g/mol.